The molecular weight excluding hydrogens is 336 g/mol. The van der Waals surface area contributed by atoms with Gasteiger partial charge in [-0.15, -0.1) is 0 Å². The number of carbonyl (C=O) groups excluding carboxylic acids is 4. The van der Waals surface area contributed by atoms with Crippen LogP contribution in [-0.4, -0.2) is 63.5 Å². The summed E-state index contributed by atoms with van der Waals surface area (Å²) in [6.45, 7) is 2.10. The van der Waals surface area contributed by atoms with Crippen LogP contribution in [0, 0.1) is 5.92 Å². The maximum Gasteiger partial charge on any atom is 0.273 e. The van der Waals surface area contributed by atoms with Crippen LogP contribution >= 0.6 is 0 Å². The van der Waals surface area contributed by atoms with E-state index in [1.807, 2.05) is 0 Å². The molecular formula is C18H22N4O4. The molecule has 0 spiro atoms. The summed E-state index contributed by atoms with van der Waals surface area (Å²) in [4.78, 5) is 55.9. The van der Waals surface area contributed by atoms with E-state index in [1.54, 1.807) is 30.0 Å². The van der Waals surface area contributed by atoms with Crippen molar-refractivity contribution in [3.05, 3.63) is 30.1 Å². The second kappa shape index (κ2) is 7.23. The highest BCUT2D eigenvalue weighted by molar-refractivity contribution is 6.01. The Kier molecular flexibility index (Phi) is 5.01. The molecule has 2 saturated heterocycles. The number of nitrogens with zero attached hydrogens (tertiary/aromatic N) is 3. The highest BCUT2D eigenvalue weighted by atomic mass is 16.2. The summed E-state index contributed by atoms with van der Waals surface area (Å²) in [7, 11) is 0. The van der Waals surface area contributed by atoms with Gasteiger partial charge < -0.3 is 15.5 Å². The minimum Gasteiger partial charge on any atom is -0.369 e. The molecule has 0 aromatic carbocycles. The van der Waals surface area contributed by atoms with Crippen LogP contribution in [0.4, 0.5) is 0 Å². The van der Waals surface area contributed by atoms with Crippen molar-refractivity contribution in [2.24, 2.45) is 11.7 Å². The number of amides is 3. The number of carbonyl (C=O) groups is 4. The monoisotopic (exact) mass is 358 g/mol. The molecule has 1 aromatic heterocycles. The first-order valence-corrected chi connectivity index (χ1v) is 8.73. The maximum absolute atomic E-state index is 12.7. The smallest absolute Gasteiger partial charge is 0.273 e. The highest BCUT2D eigenvalue weighted by Gasteiger charge is 2.51. The quantitative estimate of drug-likeness (QED) is 0.794. The van der Waals surface area contributed by atoms with Gasteiger partial charge in [-0.05, 0) is 25.0 Å². The van der Waals surface area contributed by atoms with Gasteiger partial charge in [0.15, 0.2) is 5.78 Å². The summed E-state index contributed by atoms with van der Waals surface area (Å²) in [6.07, 6.45) is 2.61. The zero-order valence-electron chi connectivity index (χ0n) is 14.6. The summed E-state index contributed by atoms with van der Waals surface area (Å²) in [5.41, 5.74) is 5.51. The number of pyridine rings is 1. The van der Waals surface area contributed by atoms with E-state index in [1.165, 1.54) is 11.1 Å². The fraction of sp³-hybridized carbons (Fsp3) is 0.500. The van der Waals surface area contributed by atoms with Crippen molar-refractivity contribution >= 4 is 23.5 Å². The van der Waals surface area contributed by atoms with Crippen molar-refractivity contribution in [2.75, 3.05) is 13.1 Å². The summed E-state index contributed by atoms with van der Waals surface area (Å²) in [5.74, 6) is -1.43. The molecule has 26 heavy (non-hydrogen) atoms. The molecule has 8 heteroatoms. The van der Waals surface area contributed by atoms with E-state index in [0.29, 0.717) is 25.1 Å². The third-order valence-electron chi connectivity index (χ3n) is 5.16. The number of Topliss-reactive ketones (excluding diaryl/α,β-unsaturated/α-hetero) is 1. The average Bonchev–Trinajstić information content (AvgIpc) is 3.21. The van der Waals surface area contributed by atoms with Gasteiger partial charge in [-0.3, -0.25) is 24.2 Å². The third-order valence-corrected chi connectivity index (χ3v) is 5.16. The number of ketones is 1. The van der Waals surface area contributed by atoms with Gasteiger partial charge >= 0.3 is 0 Å². The standard InChI is InChI=1S/C18H22N4O4/c1-11(17(19)25)5-6-15(24)21-9-7-13-16(21)14(23)10-22(13)18(26)12-4-2-3-8-20-12/h2-4,8,11,13,16H,5-7,9-10H2,1H3,(H2,19,25). The minimum atomic E-state index is -0.598. The summed E-state index contributed by atoms with van der Waals surface area (Å²) < 4.78 is 0. The van der Waals surface area contributed by atoms with E-state index in [0.717, 1.165) is 0 Å². The van der Waals surface area contributed by atoms with Gasteiger partial charge in [0.1, 0.15) is 11.7 Å². The lowest BCUT2D eigenvalue weighted by Crippen LogP contribution is -2.43. The molecule has 1 aromatic rings. The number of primary amides is 1. The van der Waals surface area contributed by atoms with Gasteiger partial charge in [0.25, 0.3) is 5.91 Å². The Morgan fingerprint density at radius 1 is 1.31 bits per heavy atom. The normalized spacial score (nSPS) is 23.0. The van der Waals surface area contributed by atoms with Gasteiger partial charge in [0, 0.05) is 25.1 Å². The third kappa shape index (κ3) is 3.31. The molecule has 138 valence electrons. The number of hydrogen-bond donors (Lipinski definition) is 1. The molecule has 3 rings (SSSR count). The second-order valence-electron chi connectivity index (χ2n) is 6.84. The van der Waals surface area contributed by atoms with Crippen LogP contribution in [0.1, 0.15) is 36.7 Å². The first-order chi connectivity index (χ1) is 12.4. The first kappa shape index (κ1) is 18.0. The molecule has 2 aliphatic heterocycles. The van der Waals surface area contributed by atoms with Crippen LogP contribution in [0.15, 0.2) is 24.4 Å². The average molecular weight is 358 g/mol. The topological polar surface area (TPSA) is 114 Å². The summed E-state index contributed by atoms with van der Waals surface area (Å²) >= 11 is 0. The van der Waals surface area contributed by atoms with E-state index in [9.17, 15) is 19.2 Å². The molecule has 0 aliphatic carbocycles. The number of rotatable bonds is 5. The highest BCUT2D eigenvalue weighted by Crippen LogP contribution is 2.31. The van der Waals surface area contributed by atoms with Crippen LogP contribution in [0.25, 0.3) is 0 Å². The van der Waals surface area contributed by atoms with E-state index in [2.05, 4.69) is 4.98 Å². The minimum absolute atomic E-state index is 0.00773. The number of hydrogen-bond acceptors (Lipinski definition) is 5. The van der Waals surface area contributed by atoms with Gasteiger partial charge in [0.2, 0.25) is 11.8 Å². The lowest BCUT2D eigenvalue weighted by molar-refractivity contribution is -0.136. The Labute approximate surface area is 151 Å². The van der Waals surface area contributed by atoms with Crippen molar-refractivity contribution in [2.45, 2.75) is 38.3 Å². The van der Waals surface area contributed by atoms with Crippen LogP contribution in [0.2, 0.25) is 0 Å². The molecule has 8 nitrogen and oxygen atoms in total. The lowest BCUT2D eigenvalue weighted by atomic mass is 10.0. The van der Waals surface area contributed by atoms with E-state index in [-0.39, 0.29) is 42.5 Å². The number of aromatic nitrogens is 1. The molecule has 0 bridgehead atoms. The Hall–Kier alpha value is -2.77. The Balaban J connectivity index is 1.68. The largest absolute Gasteiger partial charge is 0.369 e. The van der Waals surface area contributed by atoms with E-state index in [4.69, 9.17) is 5.73 Å². The maximum atomic E-state index is 12.7. The summed E-state index contributed by atoms with van der Waals surface area (Å²) in [5, 5.41) is 0. The Bertz CT molecular complexity index is 736. The molecule has 3 unspecified atom stereocenters. The zero-order valence-corrected chi connectivity index (χ0v) is 14.6. The SMILES string of the molecule is CC(CCC(=O)N1CCC2C1C(=O)CN2C(=O)c1ccccn1)C(N)=O. The molecule has 2 fully saturated rings. The Morgan fingerprint density at radius 2 is 2.08 bits per heavy atom. The van der Waals surface area contributed by atoms with Gasteiger partial charge in [-0.2, -0.15) is 0 Å². The number of nitrogens with two attached hydrogens (primary N) is 1. The van der Waals surface area contributed by atoms with Crippen LogP contribution in [0.3, 0.4) is 0 Å². The predicted octanol–water partition coefficient (Wildman–Crippen LogP) is -0.0224. The van der Waals surface area contributed by atoms with Crippen molar-refractivity contribution in [1.82, 2.24) is 14.8 Å². The predicted molar refractivity (Wildman–Crippen MR) is 91.8 cm³/mol. The molecule has 3 atom stereocenters. The van der Waals surface area contributed by atoms with Crippen LogP contribution < -0.4 is 5.73 Å². The van der Waals surface area contributed by atoms with Crippen molar-refractivity contribution < 1.29 is 19.2 Å². The molecule has 0 saturated carbocycles. The van der Waals surface area contributed by atoms with E-state index < -0.39 is 11.9 Å². The zero-order chi connectivity index (χ0) is 18.8. The lowest BCUT2D eigenvalue weighted by Gasteiger charge is -2.24. The molecule has 0 radical (unpaired) electrons. The van der Waals surface area contributed by atoms with Crippen LogP contribution in [0.5, 0.6) is 0 Å². The van der Waals surface area contributed by atoms with Crippen molar-refractivity contribution in [3.8, 4) is 0 Å². The van der Waals surface area contributed by atoms with Gasteiger partial charge in [-0.25, -0.2) is 0 Å². The molecule has 2 aliphatic rings. The van der Waals surface area contributed by atoms with Crippen LogP contribution in [-0.2, 0) is 14.4 Å². The molecule has 3 amide bonds. The molecule has 2 N–H and O–H groups in total. The fourth-order valence-electron chi connectivity index (χ4n) is 3.63. The number of likely N-dealkylation sites (tertiary alicyclic amines) is 2. The van der Waals surface area contributed by atoms with Gasteiger partial charge in [-0.1, -0.05) is 13.0 Å². The summed E-state index contributed by atoms with van der Waals surface area (Å²) in [6, 6.07) is 4.15. The number of fused-ring (bicyclic) bond motifs is 1. The molecule has 3 heterocycles. The Morgan fingerprint density at radius 3 is 2.73 bits per heavy atom. The second-order valence-corrected chi connectivity index (χ2v) is 6.84. The van der Waals surface area contributed by atoms with E-state index >= 15 is 0 Å². The van der Waals surface area contributed by atoms with Gasteiger partial charge in [0.05, 0.1) is 12.6 Å². The van der Waals surface area contributed by atoms with Crippen molar-refractivity contribution in [3.63, 3.8) is 0 Å². The van der Waals surface area contributed by atoms with Crippen molar-refractivity contribution in [1.29, 1.82) is 0 Å². The first-order valence-electron chi connectivity index (χ1n) is 8.73. The fourth-order valence-corrected chi connectivity index (χ4v) is 3.63.